The highest BCUT2D eigenvalue weighted by Crippen LogP contribution is 2.12. The van der Waals surface area contributed by atoms with Gasteiger partial charge in [-0.1, -0.05) is 6.07 Å². The Balaban J connectivity index is 2.70. The first kappa shape index (κ1) is 11.5. The maximum Gasteiger partial charge on any atom is 0.123 e. The maximum absolute atomic E-state index is 12.9. The van der Waals surface area contributed by atoms with Crippen LogP contribution < -0.4 is 0 Å². The Labute approximate surface area is 89.5 Å². The third kappa shape index (κ3) is 3.28. The molecule has 1 nitrogen and oxygen atoms in total. The Morgan fingerprint density at radius 1 is 1.43 bits per heavy atom. The smallest absolute Gasteiger partial charge is 0.123 e. The Kier molecular flexibility index (Phi) is 4.36. The van der Waals surface area contributed by atoms with Crippen LogP contribution in [0.5, 0.6) is 0 Å². The number of rotatable bonds is 4. The Hall–Kier alpha value is -0.600. The van der Waals surface area contributed by atoms with Gasteiger partial charge < -0.3 is 4.90 Å². The molecule has 0 saturated carbocycles. The van der Waals surface area contributed by atoms with E-state index in [2.05, 4.69) is 4.90 Å². The SMILES string of the molecule is Cc1ccc(F)cc1CN(C)CCCl. The van der Waals surface area contributed by atoms with Crippen molar-refractivity contribution >= 4 is 11.6 Å². The van der Waals surface area contributed by atoms with Crippen LogP contribution in [0.4, 0.5) is 4.39 Å². The number of hydrogen-bond donors (Lipinski definition) is 0. The summed E-state index contributed by atoms with van der Waals surface area (Å²) in [5, 5.41) is 0. The van der Waals surface area contributed by atoms with Crippen LogP contribution in [-0.4, -0.2) is 24.4 Å². The van der Waals surface area contributed by atoms with Crippen molar-refractivity contribution in [3.63, 3.8) is 0 Å². The van der Waals surface area contributed by atoms with Crippen LogP contribution in [-0.2, 0) is 6.54 Å². The summed E-state index contributed by atoms with van der Waals surface area (Å²) in [5.74, 6) is 0.426. The molecule has 14 heavy (non-hydrogen) atoms. The lowest BCUT2D eigenvalue weighted by Gasteiger charge is -2.16. The second-order valence-electron chi connectivity index (χ2n) is 3.50. The molecule has 0 unspecified atom stereocenters. The van der Waals surface area contributed by atoms with Crippen LogP contribution in [0.25, 0.3) is 0 Å². The van der Waals surface area contributed by atoms with Gasteiger partial charge in [0.25, 0.3) is 0 Å². The minimum absolute atomic E-state index is 0.176. The monoisotopic (exact) mass is 215 g/mol. The van der Waals surface area contributed by atoms with E-state index in [0.717, 1.165) is 24.2 Å². The summed E-state index contributed by atoms with van der Waals surface area (Å²) in [6.07, 6.45) is 0. The van der Waals surface area contributed by atoms with Gasteiger partial charge in [-0.15, -0.1) is 11.6 Å². The number of benzene rings is 1. The fourth-order valence-corrected chi connectivity index (χ4v) is 1.61. The van der Waals surface area contributed by atoms with E-state index < -0.39 is 0 Å². The van der Waals surface area contributed by atoms with Crippen LogP contribution in [0.3, 0.4) is 0 Å². The third-order valence-electron chi connectivity index (χ3n) is 2.22. The average Bonchev–Trinajstić information content (AvgIpc) is 2.12. The summed E-state index contributed by atoms with van der Waals surface area (Å²) >= 11 is 5.62. The van der Waals surface area contributed by atoms with E-state index in [1.165, 1.54) is 6.07 Å². The average molecular weight is 216 g/mol. The molecule has 78 valence electrons. The van der Waals surface area contributed by atoms with Gasteiger partial charge in [-0.2, -0.15) is 0 Å². The van der Waals surface area contributed by atoms with Crippen molar-refractivity contribution in [1.29, 1.82) is 0 Å². The number of nitrogens with zero attached hydrogens (tertiary/aromatic N) is 1. The third-order valence-corrected chi connectivity index (χ3v) is 2.39. The molecule has 0 heterocycles. The fraction of sp³-hybridized carbons (Fsp3) is 0.455. The minimum atomic E-state index is -0.176. The first-order valence-electron chi connectivity index (χ1n) is 4.63. The second-order valence-corrected chi connectivity index (χ2v) is 3.88. The molecule has 0 radical (unpaired) electrons. The topological polar surface area (TPSA) is 3.24 Å². The highest BCUT2D eigenvalue weighted by molar-refractivity contribution is 6.18. The zero-order valence-corrected chi connectivity index (χ0v) is 9.31. The van der Waals surface area contributed by atoms with E-state index >= 15 is 0 Å². The van der Waals surface area contributed by atoms with Gasteiger partial charge >= 0.3 is 0 Å². The standard InChI is InChI=1S/C11H15ClFN/c1-9-3-4-11(13)7-10(9)8-14(2)6-5-12/h3-4,7H,5-6,8H2,1-2H3. The zero-order valence-electron chi connectivity index (χ0n) is 8.56. The molecule has 0 fully saturated rings. The summed E-state index contributed by atoms with van der Waals surface area (Å²) in [6, 6.07) is 4.87. The lowest BCUT2D eigenvalue weighted by Crippen LogP contribution is -2.20. The van der Waals surface area contributed by atoms with E-state index in [1.807, 2.05) is 14.0 Å². The number of hydrogen-bond acceptors (Lipinski definition) is 1. The van der Waals surface area contributed by atoms with Crippen molar-refractivity contribution in [3.8, 4) is 0 Å². The van der Waals surface area contributed by atoms with Gasteiger partial charge in [0, 0.05) is 19.0 Å². The van der Waals surface area contributed by atoms with Gasteiger partial charge in [-0.25, -0.2) is 4.39 Å². The largest absolute Gasteiger partial charge is 0.301 e. The van der Waals surface area contributed by atoms with Gasteiger partial charge in [-0.3, -0.25) is 0 Å². The van der Waals surface area contributed by atoms with Crippen LogP contribution >= 0.6 is 11.6 Å². The zero-order chi connectivity index (χ0) is 10.6. The van der Waals surface area contributed by atoms with Gasteiger partial charge in [0.1, 0.15) is 5.82 Å². The van der Waals surface area contributed by atoms with Crippen molar-refractivity contribution in [3.05, 3.63) is 35.1 Å². The summed E-state index contributed by atoms with van der Waals surface area (Å²) in [5.41, 5.74) is 2.14. The lowest BCUT2D eigenvalue weighted by atomic mass is 10.1. The van der Waals surface area contributed by atoms with E-state index in [1.54, 1.807) is 12.1 Å². The Morgan fingerprint density at radius 3 is 2.79 bits per heavy atom. The molecule has 0 spiro atoms. The first-order valence-corrected chi connectivity index (χ1v) is 5.16. The molecule has 0 amide bonds. The Bertz CT molecular complexity index is 301. The molecule has 3 heteroatoms. The lowest BCUT2D eigenvalue weighted by molar-refractivity contribution is 0.346. The van der Waals surface area contributed by atoms with Crippen LogP contribution in [0.1, 0.15) is 11.1 Å². The first-order chi connectivity index (χ1) is 6.63. The van der Waals surface area contributed by atoms with Crippen molar-refractivity contribution in [2.75, 3.05) is 19.5 Å². The normalized spacial score (nSPS) is 10.9. The highest BCUT2D eigenvalue weighted by atomic mass is 35.5. The van der Waals surface area contributed by atoms with Gasteiger partial charge in [0.15, 0.2) is 0 Å². The van der Waals surface area contributed by atoms with Crippen molar-refractivity contribution in [1.82, 2.24) is 4.90 Å². The van der Waals surface area contributed by atoms with E-state index in [-0.39, 0.29) is 5.82 Å². The van der Waals surface area contributed by atoms with Gasteiger partial charge in [0.05, 0.1) is 0 Å². The van der Waals surface area contributed by atoms with Gasteiger partial charge in [0.2, 0.25) is 0 Å². The predicted molar refractivity (Wildman–Crippen MR) is 58.2 cm³/mol. The molecule has 0 aliphatic heterocycles. The maximum atomic E-state index is 12.9. The van der Waals surface area contributed by atoms with Crippen molar-refractivity contribution < 1.29 is 4.39 Å². The molecule has 1 rings (SSSR count). The minimum Gasteiger partial charge on any atom is -0.301 e. The predicted octanol–water partition coefficient (Wildman–Crippen LogP) is 2.80. The van der Waals surface area contributed by atoms with Gasteiger partial charge in [-0.05, 0) is 37.2 Å². The van der Waals surface area contributed by atoms with E-state index in [0.29, 0.717) is 5.88 Å². The van der Waals surface area contributed by atoms with Crippen molar-refractivity contribution in [2.45, 2.75) is 13.5 Å². The molecule has 0 aliphatic carbocycles. The second kappa shape index (κ2) is 5.32. The molecule has 0 bridgehead atoms. The number of alkyl halides is 1. The number of aryl methyl sites for hydroxylation is 1. The molecular weight excluding hydrogens is 201 g/mol. The molecular formula is C11H15ClFN. The summed E-state index contributed by atoms with van der Waals surface area (Å²) in [7, 11) is 1.98. The summed E-state index contributed by atoms with van der Waals surface area (Å²) < 4.78 is 12.9. The molecule has 1 aromatic carbocycles. The fourth-order valence-electron chi connectivity index (χ4n) is 1.32. The van der Waals surface area contributed by atoms with E-state index in [4.69, 9.17) is 11.6 Å². The van der Waals surface area contributed by atoms with Crippen LogP contribution in [0.15, 0.2) is 18.2 Å². The van der Waals surface area contributed by atoms with Crippen molar-refractivity contribution in [2.24, 2.45) is 0 Å². The number of halogens is 2. The molecule has 0 saturated heterocycles. The molecule has 0 atom stereocenters. The quantitative estimate of drug-likeness (QED) is 0.699. The molecule has 1 aromatic rings. The summed E-state index contributed by atoms with van der Waals surface area (Å²) in [6.45, 7) is 3.55. The molecule has 0 N–H and O–H groups in total. The van der Waals surface area contributed by atoms with Crippen LogP contribution in [0.2, 0.25) is 0 Å². The Morgan fingerprint density at radius 2 is 2.14 bits per heavy atom. The highest BCUT2D eigenvalue weighted by Gasteiger charge is 2.03. The van der Waals surface area contributed by atoms with E-state index in [9.17, 15) is 4.39 Å². The van der Waals surface area contributed by atoms with Crippen LogP contribution in [0, 0.1) is 12.7 Å². The summed E-state index contributed by atoms with van der Waals surface area (Å²) in [4.78, 5) is 2.08. The molecule has 0 aliphatic rings. The molecule has 0 aromatic heterocycles.